The standard InChI is InChI=1S/C24H28F2O2/c1-2-3-4-5-17-6-13-21(14-7-17)28-24(27)19-10-8-18(9-11-19)22-15-12-20(25)16-23(22)26/h8-12,15-17,21H,2-7,13-14H2,1H3. The molecule has 0 amide bonds. The maximum absolute atomic E-state index is 13.9. The van der Waals surface area contributed by atoms with Crippen LogP contribution in [0.15, 0.2) is 42.5 Å². The average molecular weight is 386 g/mol. The van der Waals surface area contributed by atoms with Crippen molar-refractivity contribution in [2.24, 2.45) is 5.92 Å². The highest BCUT2D eigenvalue weighted by Gasteiger charge is 2.24. The number of rotatable bonds is 7. The van der Waals surface area contributed by atoms with Crippen molar-refractivity contribution in [3.8, 4) is 11.1 Å². The lowest BCUT2D eigenvalue weighted by atomic mass is 9.84. The van der Waals surface area contributed by atoms with E-state index in [1.807, 2.05) is 0 Å². The number of ether oxygens (including phenoxy) is 1. The summed E-state index contributed by atoms with van der Waals surface area (Å²) in [6, 6.07) is 10.1. The number of hydrogen-bond acceptors (Lipinski definition) is 2. The molecule has 0 unspecified atom stereocenters. The molecule has 150 valence electrons. The summed E-state index contributed by atoms with van der Waals surface area (Å²) in [7, 11) is 0. The Labute approximate surface area is 165 Å². The maximum atomic E-state index is 13.9. The van der Waals surface area contributed by atoms with Gasteiger partial charge in [0.1, 0.15) is 17.7 Å². The average Bonchev–Trinajstić information content (AvgIpc) is 2.70. The fourth-order valence-electron chi connectivity index (χ4n) is 3.95. The van der Waals surface area contributed by atoms with E-state index in [4.69, 9.17) is 4.74 Å². The summed E-state index contributed by atoms with van der Waals surface area (Å²) in [6.07, 6.45) is 9.25. The second kappa shape index (κ2) is 9.81. The van der Waals surface area contributed by atoms with E-state index in [0.29, 0.717) is 16.7 Å². The quantitative estimate of drug-likeness (QED) is 0.381. The third kappa shape index (κ3) is 5.40. The van der Waals surface area contributed by atoms with Crippen LogP contribution in [0.3, 0.4) is 0 Å². The number of hydrogen-bond donors (Lipinski definition) is 0. The van der Waals surface area contributed by atoms with E-state index in [-0.39, 0.29) is 12.1 Å². The lowest BCUT2D eigenvalue weighted by molar-refractivity contribution is 0.0161. The van der Waals surface area contributed by atoms with E-state index in [0.717, 1.165) is 37.7 Å². The van der Waals surface area contributed by atoms with Crippen molar-refractivity contribution >= 4 is 5.97 Å². The number of halogens is 2. The van der Waals surface area contributed by atoms with Crippen molar-refractivity contribution < 1.29 is 18.3 Å². The van der Waals surface area contributed by atoms with Gasteiger partial charge in [-0.05, 0) is 61.4 Å². The Balaban J connectivity index is 1.53. The van der Waals surface area contributed by atoms with E-state index >= 15 is 0 Å². The van der Waals surface area contributed by atoms with Gasteiger partial charge in [0.25, 0.3) is 0 Å². The molecule has 4 heteroatoms. The first-order chi connectivity index (χ1) is 13.6. The molecule has 2 aromatic rings. The molecule has 1 aliphatic carbocycles. The number of benzene rings is 2. The third-order valence-corrected chi connectivity index (χ3v) is 5.65. The van der Waals surface area contributed by atoms with Crippen molar-refractivity contribution in [2.75, 3.05) is 0 Å². The zero-order valence-corrected chi connectivity index (χ0v) is 16.4. The highest BCUT2D eigenvalue weighted by molar-refractivity contribution is 5.90. The van der Waals surface area contributed by atoms with Crippen LogP contribution in [0, 0.1) is 17.6 Å². The molecule has 1 saturated carbocycles. The molecule has 0 atom stereocenters. The van der Waals surface area contributed by atoms with E-state index < -0.39 is 11.6 Å². The van der Waals surface area contributed by atoms with E-state index in [2.05, 4.69) is 6.92 Å². The Morgan fingerprint density at radius 2 is 1.71 bits per heavy atom. The first-order valence-electron chi connectivity index (χ1n) is 10.3. The molecule has 0 bridgehead atoms. The normalized spacial score (nSPS) is 19.4. The summed E-state index contributed by atoms with van der Waals surface area (Å²) in [5, 5.41) is 0. The largest absolute Gasteiger partial charge is 0.459 e. The second-order valence-corrected chi connectivity index (χ2v) is 7.75. The van der Waals surface area contributed by atoms with Gasteiger partial charge in [0.2, 0.25) is 0 Å². The Bertz CT molecular complexity index is 778. The zero-order valence-electron chi connectivity index (χ0n) is 16.4. The van der Waals surface area contributed by atoms with Crippen LogP contribution >= 0.6 is 0 Å². The minimum Gasteiger partial charge on any atom is -0.459 e. The van der Waals surface area contributed by atoms with Gasteiger partial charge in [-0.1, -0.05) is 44.7 Å². The van der Waals surface area contributed by atoms with Gasteiger partial charge in [-0.3, -0.25) is 0 Å². The van der Waals surface area contributed by atoms with Crippen LogP contribution < -0.4 is 0 Å². The van der Waals surface area contributed by atoms with Gasteiger partial charge in [0, 0.05) is 11.6 Å². The first-order valence-corrected chi connectivity index (χ1v) is 10.3. The van der Waals surface area contributed by atoms with E-state index in [1.54, 1.807) is 24.3 Å². The van der Waals surface area contributed by atoms with Gasteiger partial charge in [0.15, 0.2) is 0 Å². The molecule has 3 rings (SSSR count). The molecule has 1 fully saturated rings. The molecule has 0 saturated heterocycles. The summed E-state index contributed by atoms with van der Waals surface area (Å²) < 4.78 is 32.6. The van der Waals surface area contributed by atoms with E-state index in [9.17, 15) is 13.6 Å². The van der Waals surface area contributed by atoms with Crippen LogP contribution in [0.25, 0.3) is 11.1 Å². The van der Waals surface area contributed by atoms with Crippen molar-refractivity contribution in [1.82, 2.24) is 0 Å². The molecule has 0 aromatic heterocycles. The van der Waals surface area contributed by atoms with Gasteiger partial charge < -0.3 is 4.74 Å². The second-order valence-electron chi connectivity index (χ2n) is 7.75. The SMILES string of the molecule is CCCCCC1CCC(OC(=O)c2ccc(-c3ccc(F)cc3F)cc2)CC1. The lowest BCUT2D eigenvalue weighted by Crippen LogP contribution is -2.24. The highest BCUT2D eigenvalue weighted by atomic mass is 19.1. The first kappa shape index (κ1) is 20.5. The number of carbonyl (C=O) groups excluding carboxylic acids is 1. The van der Waals surface area contributed by atoms with Crippen LogP contribution in [0.2, 0.25) is 0 Å². The Hall–Kier alpha value is -2.23. The molecule has 0 N–H and O–H groups in total. The highest BCUT2D eigenvalue weighted by Crippen LogP contribution is 2.30. The molecular formula is C24H28F2O2. The summed E-state index contributed by atoms with van der Waals surface area (Å²) in [6.45, 7) is 2.22. The Kier molecular flexibility index (Phi) is 7.18. The summed E-state index contributed by atoms with van der Waals surface area (Å²) >= 11 is 0. The maximum Gasteiger partial charge on any atom is 0.338 e. The third-order valence-electron chi connectivity index (χ3n) is 5.65. The molecule has 28 heavy (non-hydrogen) atoms. The molecular weight excluding hydrogens is 358 g/mol. The van der Waals surface area contributed by atoms with Gasteiger partial charge in [-0.2, -0.15) is 0 Å². The molecule has 2 nitrogen and oxygen atoms in total. The van der Waals surface area contributed by atoms with Gasteiger partial charge in [-0.15, -0.1) is 0 Å². The molecule has 0 heterocycles. The van der Waals surface area contributed by atoms with Crippen molar-refractivity contribution in [3.63, 3.8) is 0 Å². The molecule has 1 aliphatic rings. The summed E-state index contributed by atoms with van der Waals surface area (Å²) in [4.78, 5) is 12.4. The van der Waals surface area contributed by atoms with Crippen LogP contribution in [-0.4, -0.2) is 12.1 Å². The van der Waals surface area contributed by atoms with Crippen LogP contribution in [-0.2, 0) is 4.74 Å². The van der Waals surface area contributed by atoms with Crippen LogP contribution in [0.4, 0.5) is 8.78 Å². The smallest absolute Gasteiger partial charge is 0.338 e. The zero-order chi connectivity index (χ0) is 19.9. The summed E-state index contributed by atoms with van der Waals surface area (Å²) in [5.74, 6) is -0.792. The van der Waals surface area contributed by atoms with Crippen molar-refractivity contribution in [3.05, 3.63) is 59.7 Å². The van der Waals surface area contributed by atoms with Crippen LogP contribution in [0.5, 0.6) is 0 Å². The van der Waals surface area contributed by atoms with Crippen molar-refractivity contribution in [2.45, 2.75) is 64.4 Å². The predicted octanol–water partition coefficient (Wildman–Crippen LogP) is 6.93. The number of carbonyl (C=O) groups is 1. The lowest BCUT2D eigenvalue weighted by Gasteiger charge is -2.28. The van der Waals surface area contributed by atoms with E-state index in [1.165, 1.54) is 37.8 Å². The minimum atomic E-state index is -0.619. The van der Waals surface area contributed by atoms with Gasteiger partial charge in [-0.25, -0.2) is 13.6 Å². The fraction of sp³-hybridized carbons (Fsp3) is 0.458. The van der Waals surface area contributed by atoms with Gasteiger partial charge >= 0.3 is 5.97 Å². The fourth-order valence-corrected chi connectivity index (χ4v) is 3.95. The molecule has 0 aliphatic heterocycles. The molecule has 2 aromatic carbocycles. The van der Waals surface area contributed by atoms with Crippen molar-refractivity contribution in [1.29, 1.82) is 0 Å². The van der Waals surface area contributed by atoms with Crippen LogP contribution in [0.1, 0.15) is 68.6 Å². The Morgan fingerprint density at radius 1 is 1.00 bits per heavy atom. The predicted molar refractivity (Wildman–Crippen MR) is 107 cm³/mol. The topological polar surface area (TPSA) is 26.3 Å². The number of esters is 1. The molecule has 0 radical (unpaired) electrons. The monoisotopic (exact) mass is 386 g/mol. The molecule has 0 spiro atoms. The minimum absolute atomic E-state index is 0.0101. The van der Waals surface area contributed by atoms with Gasteiger partial charge in [0.05, 0.1) is 5.56 Å². The summed E-state index contributed by atoms with van der Waals surface area (Å²) in [5.41, 5.74) is 1.36. The Morgan fingerprint density at radius 3 is 2.36 bits per heavy atom. The number of unbranched alkanes of at least 4 members (excludes halogenated alkanes) is 2.